The summed E-state index contributed by atoms with van der Waals surface area (Å²) in [5.41, 5.74) is 1.80. The Morgan fingerprint density at radius 2 is 1.95 bits per heavy atom. The fourth-order valence-corrected chi connectivity index (χ4v) is 4.11. The normalized spacial score (nSPS) is 21.7. The molecular formula is C14H19NO3S. The number of ketones is 1. The van der Waals surface area contributed by atoms with Crippen molar-refractivity contribution in [3.63, 3.8) is 0 Å². The molecule has 5 heteroatoms. The smallest absolute Gasteiger partial charge is 0.176 e. The van der Waals surface area contributed by atoms with Gasteiger partial charge >= 0.3 is 0 Å². The fraction of sp³-hybridized carbons (Fsp3) is 0.500. The van der Waals surface area contributed by atoms with Gasteiger partial charge in [0, 0.05) is 11.6 Å². The second kappa shape index (κ2) is 5.43. The summed E-state index contributed by atoms with van der Waals surface area (Å²) in [6, 6.07) is 7.42. The van der Waals surface area contributed by atoms with E-state index in [0.29, 0.717) is 12.0 Å². The topological polar surface area (TPSA) is 54.5 Å². The Labute approximate surface area is 114 Å². The number of nitrogens with zero attached hydrogens (tertiary/aromatic N) is 1. The first-order valence-corrected chi connectivity index (χ1v) is 8.20. The van der Waals surface area contributed by atoms with Crippen LogP contribution in [0.4, 0.5) is 0 Å². The maximum Gasteiger partial charge on any atom is 0.176 e. The van der Waals surface area contributed by atoms with Crippen molar-refractivity contribution in [2.45, 2.75) is 19.4 Å². The van der Waals surface area contributed by atoms with Gasteiger partial charge in [0.2, 0.25) is 0 Å². The monoisotopic (exact) mass is 281 g/mol. The van der Waals surface area contributed by atoms with E-state index in [2.05, 4.69) is 0 Å². The van der Waals surface area contributed by atoms with Gasteiger partial charge in [0.05, 0.1) is 18.1 Å². The van der Waals surface area contributed by atoms with Crippen molar-refractivity contribution >= 4 is 15.6 Å². The molecule has 1 aromatic carbocycles. The molecule has 1 atom stereocenters. The van der Waals surface area contributed by atoms with Gasteiger partial charge in [-0.3, -0.25) is 9.69 Å². The van der Waals surface area contributed by atoms with Gasteiger partial charge in [-0.15, -0.1) is 0 Å². The number of carbonyl (C=O) groups is 1. The predicted molar refractivity (Wildman–Crippen MR) is 75.2 cm³/mol. The summed E-state index contributed by atoms with van der Waals surface area (Å²) in [6.45, 7) is 2.24. The number of rotatable bonds is 4. The van der Waals surface area contributed by atoms with Crippen molar-refractivity contribution < 1.29 is 13.2 Å². The third kappa shape index (κ3) is 3.64. The molecule has 1 unspecified atom stereocenters. The number of likely N-dealkylation sites (N-methyl/N-ethyl adjacent to an activating group) is 1. The van der Waals surface area contributed by atoms with Crippen LogP contribution in [0.5, 0.6) is 0 Å². The van der Waals surface area contributed by atoms with Gasteiger partial charge in [0.1, 0.15) is 0 Å². The summed E-state index contributed by atoms with van der Waals surface area (Å²) >= 11 is 0. The van der Waals surface area contributed by atoms with E-state index in [0.717, 1.165) is 5.56 Å². The third-order valence-corrected chi connectivity index (χ3v) is 5.35. The van der Waals surface area contributed by atoms with E-state index < -0.39 is 9.84 Å². The molecule has 0 aliphatic carbocycles. The molecule has 1 aliphatic rings. The minimum absolute atomic E-state index is 0.0283. The Morgan fingerprint density at radius 3 is 2.47 bits per heavy atom. The fourth-order valence-electron chi connectivity index (χ4n) is 2.31. The van der Waals surface area contributed by atoms with Crippen LogP contribution in [-0.2, 0) is 9.84 Å². The zero-order valence-corrected chi connectivity index (χ0v) is 12.1. The molecular weight excluding hydrogens is 262 g/mol. The highest BCUT2D eigenvalue weighted by Crippen LogP contribution is 2.17. The van der Waals surface area contributed by atoms with Crippen molar-refractivity contribution in [1.82, 2.24) is 4.90 Å². The lowest BCUT2D eigenvalue weighted by molar-refractivity contribution is 0.0926. The minimum Gasteiger partial charge on any atom is -0.295 e. The number of hydrogen-bond donors (Lipinski definition) is 0. The van der Waals surface area contributed by atoms with Crippen molar-refractivity contribution in [2.75, 3.05) is 25.1 Å². The molecule has 0 N–H and O–H groups in total. The van der Waals surface area contributed by atoms with Crippen molar-refractivity contribution in [3.8, 4) is 0 Å². The molecule has 1 saturated heterocycles. The van der Waals surface area contributed by atoms with Crippen LogP contribution in [0.2, 0.25) is 0 Å². The third-order valence-electron chi connectivity index (χ3n) is 3.60. The van der Waals surface area contributed by atoms with Crippen LogP contribution in [0, 0.1) is 6.92 Å². The van der Waals surface area contributed by atoms with Gasteiger partial charge in [-0.05, 0) is 20.4 Å². The molecule has 104 valence electrons. The van der Waals surface area contributed by atoms with E-state index in [4.69, 9.17) is 0 Å². The second-order valence-electron chi connectivity index (χ2n) is 5.26. The van der Waals surface area contributed by atoms with Crippen LogP contribution in [0.15, 0.2) is 24.3 Å². The van der Waals surface area contributed by atoms with Gasteiger partial charge in [0.25, 0.3) is 0 Å². The summed E-state index contributed by atoms with van der Waals surface area (Å²) in [5.74, 6) is 0.442. The van der Waals surface area contributed by atoms with Gasteiger partial charge in [-0.1, -0.05) is 29.8 Å². The Morgan fingerprint density at radius 1 is 1.32 bits per heavy atom. The van der Waals surface area contributed by atoms with E-state index in [9.17, 15) is 13.2 Å². The highest BCUT2D eigenvalue weighted by Gasteiger charge is 2.31. The number of sulfone groups is 1. The Bertz CT molecular complexity index is 563. The van der Waals surface area contributed by atoms with Crippen molar-refractivity contribution in [3.05, 3.63) is 35.4 Å². The number of carbonyl (C=O) groups excluding carboxylic acids is 1. The molecule has 0 saturated carbocycles. The first-order chi connectivity index (χ1) is 8.87. The van der Waals surface area contributed by atoms with E-state index in [-0.39, 0.29) is 29.9 Å². The van der Waals surface area contributed by atoms with Crippen molar-refractivity contribution in [1.29, 1.82) is 0 Å². The molecule has 4 nitrogen and oxygen atoms in total. The molecule has 1 heterocycles. The summed E-state index contributed by atoms with van der Waals surface area (Å²) in [6.07, 6.45) is 0.625. The Hall–Kier alpha value is -1.20. The standard InChI is InChI=1S/C14H19NO3S/c1-11-3-5-12(6-4-11)14(16)9-15(2)13-7-8-19(17,18)10-13/h3-6,13H,7-10H2,1-2H3. The highest BCUT2D eigenvalue weighted by molar-refractivity contribution is 7.91. The molecule has 19 heavy (non-hydrogen) atoms. The summed E-state index contributed by atoms with van der Waals surface area (Å²) in [4.78, 5) is 13.9. The maximum atomic E-state index is 12.1. The highest BCUT2D eigenvalue weighted by atomic mass is 32.2. The number of benzene rings is 1. The molecule has 0 amide bonds. The lowest BCUT2D eigenvalue weighted by atomic mass is 10.1. The Kier molecular flexibility index (Phi) is 4.06. The number of hydrogen-bond acceptors (Lipinski definition) is 4. The van der Waals surface area contributed by atoms with Crippen LogP contribution in [0.3, 0.4) is 0 Å². The largest absolute Gasteiger partial charge is 0.295 e. The Balaban J connectivity index is 1.97. The second-order valence-corrected chi connectivity index (χ2v) is 7.49. The number of aryl methyl sites for hydroxylation is 1. The van der Waals surface area contributed by atoms with Gasteiger partial charge < -0.3 is 0 Å². The van der Waals surface area contributed by atoms with E-state index >= 15 is 0 Å². The average Bonchev–Trinajstić information content (AvgIpc) is 2.70. The number of Topliss-reactive ketones (excluding diaryl/α,β-unsaturated/α-hetero) is 1. The molecule has 0 spiro atoms. The maximum absolute atomic E-state index is 12.1. The minimum atomic E-state index is -2.90. The predicted octanol–water partition coefficient (Wildman–Crippen LogP) is 1.30. The SMILES string of the molecule is Cc1ccc(C(=O)CN(C)C2CCS(=O)(=O)C2)cc1. The lowest BCUT2D eigenvalue weighted by Crippen LogP contribution is -2.36. The zero-order valence-electron chi connectivity index (χ0n) is 11.3. The van der Waals surface area contributed by atoms with E-state index in [1.54, 1.807) is 0 Å². The molecule has 0 bridgehead atoms. The van der Waals surface area contributed by atoms with Crippen LogP contribution >= 0.6 is 0 Å². The molecule has 2 rings (SSSR count). The zero-order chi connectivity index (χ0) is 14.0. The molecule has 0 aromatic heterocycles. The van der Waals surface area contributed by atoms with Gasteiger partial charge in [0.15, 0.2) is 15.6 Å². The van der Waals surface area contributed by atoms with Gasteiger partial charge in [-0.2, -0.15) is 0 Å². The quantitative estimate of drug-likeness (QED) is 0.781. The van der Waals surface area contributed by atoms with Crippen LogP contribution < -0.4 is 0 Å². The van der Waals surface area contributed by atoms with Crippen LogP contribution in [0.1, 0.15) is 22.3 Å². The molecule has 1 aliphatic heterocycles. The molecule has 1 aromatic rings. The summed E-state index contributed by atoms with van der Waals surface area (Å²) in [5, 5.41) is 0. The van der Waals surface area contributed by atoms with Gasteiger partial charge in [-0.25, -0.2) is 8.42 Å². The summed E-state index contributed by atoms with van der Waals surface area (Å²) in [7, 11) is -1.08. The van der Waals surface area contributed by atoms with Crippen molar-refractivity contribution in [2.24, 2.45) is 0 Å². The molecule has 1 fully saturated rings. The molecule has 0 radical (unpaired) electrons. The average molecular weight is 281 g/mol. The van der Waals surface area contributed by atoms with Crippen LogP contribution in [0.25, 0.3) is 0 Å². The summed E-state index contributed by atoms with van der Waals surface area (Å²) < 4.78 is 22.9. The van der Waals surface area contributed by atoms with Crippen LogP contribution in [-0.4, -0.2) is 50.2 Å². The first-order valence-electron chi connectivity index (χ1n) is 6.38. The lowest BCUT2D eigenvalue weighted by Gasteiger charge is -2.22. The first kappa shape index (κ1) is 14.2. The van der Waals surface area contributed by atoms with E-state index in [1.807, 2.05) is 43.1 Å². The van der Waals surface area contributed by atoms with E-state index in [1.165, 1.54) is 0 Å².